The van der Waals surface area contributed by atoms with Crippen molar-refractivity contribution in [1.29, 1.82) is 0 Å². The van der Waals surface area contributed by atoms with Gasteiger partial charge in [0.25, 0.3) is 5.91 Å². The summed E-state index contributed by atoms with van der Waals surface area (Å²) in [4.78, 5) is 25.6. The van der Waals surface area contributed by atoms with Gasteiger partial charge in [0, 0.05) is 32.1 Å². The number of nitrogens with zero attached hydrogens (tertiary/aromatic N) is 1. The van der Waals surface area contributed by atoms with Crippen molar-refractivity contribution in [2.75, 3.05) is 27.8 Å². The summed E-state index contributed by atoms with van der Waals surface area (Å²) in [5.41, 5.74) is 0.845. The van der Waals surface area contributed by atoms with E-state index in [1.165, 1.54) is 6.26 Å². The topological polar surface area (TPSA) is 81.0 Å². The maximum Gasteiger partial charge on any atom is 0.286 e. The maximum atomic E-state index is 12.2. The van der Waals surface area contributed by atoms with E-state index in [1.807, 2.05) is 12.1 Å². The molecule has 7 heteroatoms. The molecule has 0 bridgehead atoms. The first-order chi connectivity index (χ1) is 12.1. The van der Waals surface area contributed by atoms with Gasteiger partial charge in [0.1, 0.15) is 0 Å². The summed E-state index contributed by atoms with van der Waals surface area (Å²) in [5.74, 6) is 1.02. The Bertz CT molecular complexity index is 712. The Morgan fingerprint density at radius 3 is 2.60 bits per heavy atom. The second-order valence-corrected chi connectivity index (χ2v) is 5.39. The number of rotatable bonds is 8. The zero-order valence-electron chi connectivity index (χ0n) is 14.6. The third-order valence-electron chi connectivity index (χ3n) is 3.69. The highest BCUT2D eigenvalue weighted by Gasteiger charge is 2.15. The van der Waals surface area contributed by atoms with Crippen molar-refractivity contribution < 1.29 is 23.5 Å². The highest BCUT2D eigenvalue weighted by molar-refractivity contribution is 5.91. The van der Waals surface area contributed by atoms with E-state index in [-0.39, 0.29) is 30.5 Å². The molecule has 0 aliphatic carbocycles. The van der Waals surface area contributed by atoms with Crippen LogP contribution in [0.4, 0.5) is 0 Å². The minimum atomic E-state index is -0.338. The molecule has 0 saturated heterocycles. The normalized spacial score (nSPS) is 10.2. The minimum Gasteiger partial charge on any atom is -0.493 e. The predicted octanol–water partition coefficient (Wildman–Crippen LogP) is 2.08. The molecule has 2 rings (SSSR count). The van der Waals surface area contributed by atoms with Gasteiger partial charge in [-0.25, -0.2) is 0 Å². The molecule has 0 unspecified atom stereocenters. The van der Waals surface area contributed by atoms with Crippen molar-refractivity contribution in [3.63, 3.8) is 0 Å². The van der Waals surface area contributed by atoms with Gasteiger partial charge in [-0.3, -0.25) is 9.59 Å². The molecule has 25 heavy (non-hydrogen) atoms. The molecule has 1 aromatic carbocycles. The molecule has 0 spiro atoms. The van der Waals surface area contributed by atoms with E-state index in [4.69, 9.17) is 13.9 Å². The second kappa shape index (κ2) is 8.77. The van der Waals surface area contributed by atoms with E-state index >= 15 is 0 Å². The first kappa shape index (κ1) is 18.4. The zero-order chi connectivity index (χ0) is 18.2. The number of furan rings is 1. The molecule has 7 nitrogen and oxygen atoms in total. The number of ether oxygens (including phenoxy) is 2. The fourth-order valence-corrected chi connectivity index (χ4v) is 2.39. The molecule has 1 aromatic heterocycles. The number of benzene rings is 1. The van der Waals surface area contributed by atoms with E-state index in [9.17, 15) is 9.59 Å². The molecular formula is C18H22N2O5. The Hall–Kier alpha value is -2.96. The molecule has 0 saturated carbocycles. The van der Waals surface area contributed by atoms with Crippen LogP contribution in [0.1, 0.15) is 22.5 Å². The van der Waals surface area contributed by atoms with Gasteiger partial charge in [-0.15, -0.1) is 0 Å². The van der Waals surface area contributed by atoms with Gasteiger partial charge in [0.2, 0.25) is 5.91 Å². The van der Waals surface area contributed by atoms with Crippen LogP contribution in [0.5, 0.6) is 11.5 Å². The molecule has 0 aliphatic rings. The van der Waals surface area contributed by atoms with E-state index in [1.54, 1.807) is 44.4 Å². The van der Waals surface area contributed by atoms with E-state index in [2.05, 4.69) is 5.32 Å². The lowest BCUT2D eigenvalue weighted by Crippen LogP contribution is -2.31. The molecule has 0 radical (unpaired) electrons. The predicted molar refractivity (Wildman–Crippen MR) is 91.7 cm³/mol. The monoisotopic (exact) mass is 346 g/mol. The Morgan fingerprint density at radius 2 is 1.96 bits per heavy atom. The minimum absolute atomic E-state index is 0.0929. The second-order valence-electron chi connectivity index (χ2n) is 5.39. The fourth-order valence-electron chi connectivity index (χ4n) is 2.39. The lowest BCUT2D eigenvalue weighted by molar-refractivity contribution is -0.130. The van der Waals surface area contributed by atoms with Crippen LogP contribution >= 0.6 is 0 Å². The van der Waals surface area contributed by atoms with Crippen LogP contribution in [0.3, 0.4) is 0 Å². The standard InChI is InChI=1S/C18H22N2O5/c1-20(12-13-6-4-7-14(23-2)17(13)24-3)16(21)9-10-19-18(22)15-8-5-11-25-15/h4-8,11H,9-10,12H2,1-3H3,(H,19,22). The number of carbonyl (C=O) groups is 2. The van der Waals surface area contributed by atoms with Gasteiger partial charge in [-0.2, -0.15) is 0 Å². The van der Waals surface area contributed by atoms with Crippen LogP contribution in [0, 0.1) is 0 Å². The Labute approximate surface area is 146 Å². The molecule has 1 heterocycles. The third-order valence-corrected chi connectivity index (χ3v) is 3.69. The summed E-state index contributed by atoms with van der Waals surface area (Å²) in [6, 6.07) is 8.73. The summed E-state index contributed by atoms with van der Waals surface area (Å²) in [6.07, 6.45) is 1.62. The number of amides is 2. The van der Waals surface area contributed by atoms with Crippen LogP contribution in [0.2, 0.25) is 0 Å². The third kappa shape index (κ3) is 4.76. The molecule has 0 fully saturated rings. The smallest absolute Gasteiger partial charge is 0.286 e. The van der Waals surface area contributed by atoms with Crippen LogP contribution in [-0.4, -0.2) is 44.5 Å². The van der Waals surface area contributed by atoms with Gasteiger partial charge in [0.05, 0.1) is 20.5 Å². The highest BCUT2D eigenvalue weighted by atomic mass is 16.5. The number of carbonyl (C=O) groups excluding carboxylic acids is 2. The van der Waals surface area contributed by atoms with Crippen molar-refractivity contribution in [1.82, 2.24) is 10.2 Å². The maximum absolute atomic E-state index is 12.2. The number of para-hydroxylation sites is 1. The Kier molecular flexibility index (Phi) is 6.45. The zero-order valence-corrected chi connectivity index (χ0v) is 14.6. The first-order valence-electron chi connectivity index (χ1n) is 7.82. The molecule has 0 atom stereocenters. The van der Waals surface area contributed by atoms with Gasteiger partial charge in [0.15, 0.2) is 17.3 Å². The summed E-state index contributed by atoms with van der Waals surface area (Å²) >= 11 is 0. The molecule has 2 aromatic rings. The number of hydrogen-bond acceptors (Lipinski definition) is 5. The lowest BCUT2D eigenvalue weighted by atomic mass is 10.1. The van der Waals surface area contributed by atoms with Gasteiger partial charge < -0.3 is 24.1 Å². The van der Waals surface area contributed by atoms with Crippen LogP contribution < -0.4 is 14.8 Å². The van der Waals surface area contributed by atoms with Crippen molar-refractivity contribution in [2.45, 2.75) is 13.0 Å². The van der Waals surface area contributed by atoms with Crippen molar-refractivity contribution in [2.24, 2.45) is 0 Å². The van der Waals surface area contributed by atoms with E-state index in [0.29, 0.717) is 18.0 Å². The molecule has 2 amide bonds. The Morgan fingerprint density at radius 1 is 1.16 bits per heavy atom. The molecule has 0 aliphatic heterocycles. The van der Waals surface area contributed by atoms with E-state index < -0.39 is 0 Å². The summed E-state index contributed by atoms with van der Waals surface area (Å²) < 4.78 is 15.6. The molecule has 1 N–H and O–H groups in total. The quantitative estimate of drug-likeness (QED) is 0.791. The van der Waals surface area contributed by atoms with Crippen LogP contribution in [0.25, 0.3) is 0 Å². The van der Waals surface area contributed by atoms with Crippen LogP contribution in [0.15, 0.2) is 41.0 Å². The largest absolute Gasteiger partial charge is 0.493 e. The molecule has 134 valence electrons. The SMILES string of the molecule is COc1cccc(CN(C)C(=O)CCNC(=O)c2ccco2)c1OC. The summed E-state index contributed by atoms with van der Waals surface area (Å²) in [5, 5.41) is 2.65. The first-order valence-corrected chi connectivity index (χ1v) is 7.82. The van der Waals surface area contributed by atoms with Crippen LogP contribution in [-0.2, 0) is 11.3 Å². The lowest BCUT2D eigenvalue weighted by Gasteiger charge is -2.20. The number of nitrogens with one attached hydrogen (secondary N) is 1. The number of methoxy groups -OCH3 is 2. The average molecular weight is 346 g/mol. The number of hydrogen-bond donors (Lipinski definition) is 1. The molecular weight excluding hydrogens is 324 g/mol. The average Bonchev–Trinajstić information content (AvgIpc) is 3.15. The summed E-state index contributed by atoms with van der Waals surface area (Å²) in [6.45, 7) is 0.614. The van der Waals surface area contributed by atoms with E-state index in [0.717, 1.165) is 5.56 Å². The summed E-state index contributed by atoms with van der Waals surface area (Å²) in [7, 11) is 4.83. The van der Waals surface area contributed by atoms with Gasteiger partial charge >= 0.3 is 0 Å². The van der Waals surface area contributed by atoms with Crippen molar-refractivity contribution in [3.05, 3.63) is 47.9 Å². The van der Waals surface area contributed by atoms with Crippen molar-refractivity contribution >= 4 is 11.8 Å². The fraction of sp³-hybridized carbons (Fsp3) is 0.333. The Balaban J connectivity index is 1.87. The van der Waals surface area contributed by atoms with Gasteiger partial charge in [-0.05, 0) is 18.2 Å². The van der Waals surface area contributed by atoms with Crippen molar-refractivity contribution in [3.8, 4) is 11.5 Å². The highest BCUT2D eigenvalue weighted by Crippen LogP contribution is 2.31. The van der Waals surface area contributed by atoms with Gasteiger partial charge in [-0.1, -0.05) is 12.1 Å².